The van der Waals surface area contributed by atoms with Crippen LogP contribution in [0.4, 0.5) is 5.69 Å². The Hall–Kier alpha value is -2.24. The topological polar surface area (TPSA) is 41.9 Å². The van der Waals surface area contributed by atoms with Crippen LogP contribution < -0.4 is 4.74 Å². The minimum Gasteiger partial charge on any atom is -0.494 e. The van der Waals surface area contributed by atoms with Crippen molar-refractivity contribution in [1.82, 2.24) is 4.90 Å². The van der Waals surface area contributed by atoms with Gasteiger partial charge in [-0.1, -0.05) is 23.7 Å². The molecule has 0 unspecified atom stereocenters. The molecule has 0 aliphatic carbocycles. The van der Waals surface area contributed by atoms with E-state index in [1.165, 1.54) is 11.8 Å². The van der Waals surface area contributed by atoms with Gasteiger partial charge in [-0.2, -0.15) is 0 Å². The molecule has 0 bridgehead atoms. The fourth-order valence-electron chi connectivity index (χ4n) is 2.47. The summed E-state index contributed by atoms with van der Waals surface area (Å²) in [6, 6.07) is 14.9. The summed E-state index contributed by atoms with van der Waals surface area (Å²) in [5.41, 5.74) is 1.72. The number of amides is 1. The number of carbonyl (C=O) groups excluding carboxylic acids is 1. The second-order valence-corrected chi connectivity index (χ2v) is 6.98. The Balaban J connectivity index is 1.85. The van der Waals surface area contributed by atoms with Gasteiger partial charge in [0.15, 0.2) is 5.17 Å². The first kappa shape index (κ1) is 18.5. The molecule has 1 aliphatic heterocycles. The highest BCUT2D eigenvalue weighted by molar-refractivity contribution is 8.18. The molecule has 26 heavy (non-hydrogen) atoms. The second-order valence-electron chi connectivity index (χ2n) is 5.53. The maximum atomic E-state index is 12.7. The van der Waals surface area contributed by atoms with E-state index in [1.54, 1.807) is 4.90 Å². The molecule has 0 aromatic heterocycles. The third-order valence-corrected chi connectivity index (χ3v) is 5.00. The van der Waals surface area contributed by atoms with Crippen LogP contribution >= 0.6 is 23.4 Å². The number of likely N-dealkylation sites (N-methyl/N-ethyl adjacent to an activating group) is 1. The van der Waals surface area contributed by atoms with Crippen LogP contribution in [0.5, 0.6) is 5.75 Å². The van der Waals surface area contributed by atoms with E-state index < -0.39 is 0 Å². The lowest BCUT2D eigenvalue weighted by Gasteiger charge is -2.12. The number of thioether (sulfide) groups is 1. The Morgan fingerprint density at radius 1 is 1.12 bits per heavy atom. The van der Waals surface area contributed by atoms with Crippen LogP contribution in [-0.4, -0.2) is 29.1 Å². The normalized spacial score (nSPS) is 17.3. The maximum absolute atomic E-state index is 12.7. The van der Waals surface area contributed by atoms with Crippen LogP contribution in [0.25, 0.3) is 6.08 Å². The first-order chi connectivity index (χ1) is 12.6. The molecule has 1 fully saturated rings. The van der Waals surface area contributed by atoms with E-state index in [9.17, 15) is 4.79 Å². The van der Waals surface area contributed by atoms with Crippen molar-refractivity contribution in [2.45, 2.75) is 13.8 Å². The number of aliphatic imine (C=N–C) groups is 1. The number of carbonyl (C=O) groups is 1. The minimum absolute atomic E-state index is 0.0304. The van der Waals surface area contributed by atoms with E-state index >= 15 is 0 Å². The highest BCUT2D eigenvalue weighted by Gasteiger charge is 2.32. The Kier molecular flexibility index (Phi) is 6.01. The number of benzene rings is 2. The van der Waals surface area contributed by atoms with Gasteiger partial charge >= 0.3 is 0 Å². The van der Waals surface area contributed by atoms with Gasteiger partial charge in [-0.25, -0.2) is 4.99 Å². The lowest BCUT2D eigenvalue weighted by atomic mass is 10.2. The molecule has 2 aromatic carbocycles. The predicted octanol–water partition coefficient (Wildman–Crippen LogP) is 5.36. The van der Waals surface area contributed by atoms with Crippen LogP contribution in [0.3, 0.4) is 0 Å². The van der Waals surface area contributed by atoms with Crippen LogP contribution in [-0.2, 0) is 4.79 Å². The maximum Gasteiger partial charge on any atom is 0.266 e. The molecule has 6 heteroatoms. The highest BCUT2D eigenvalue weighted by atomic mass is 35.5. The Morgan fingerprint density at radius 3 is 2.42 bits per heavy atom. The van der Waals surface area contributed by atoms with Crippen LogP contribution in [0.1, 0.15) is 19.4 Å². The number of amidine groups is 1. The average Bonchev–Trinajstić information content (AvgIpc) is 2.93. The summed E-state index contributed by atoms with van der Waals surface area (Å²) in [6.45, 7) is 5.08. The Morgan fingerprint density at radius 2 is 1.81 bits per heavy atom. The summed E-state index contributed by atoms with van der Waals surface area (Å²) in [4.78, 5) is 19.6. The molecule has 134 valence electrons. The second kappa shape index (κ2) is 8.43. The van der Waals surface area contributed by atoms with Crippen LogP contribution in [0.15, 0.2) is 58.4 Å². The molecule has 1 heterocycles. The molecule has 0 saturated carbocycles. The SMILES string of the molecule is CCOc1ccc(N=C2S/C(=C/c3ccc(Cl)cc3)C(=O)N2CC)cc1. The molecule has 0 atom stereocenters. The molecular weight excluding hydrogens is 368 g/mol. The number of rotatable bonds is 5. The fraction of sp³-hybridized carbons (Fsp3) is 0.200. The van der Waals surface area contributed by atoms with Gasteiger partial charge in [-0.05, 0) is 73.6 Å². The van der Waals surface area contributed by atoms with Crippen molar-refractivity contribution in [1.29, 1.82) is 0 Å². The number of nitrogens with zero attached hydrogens (tertiary/aromatic N) is 2. The third kappa shape index (κ3) is 4.29. The van der Waals surface area contributed by atoms with E-state index in [2.05, 4.69) is 4.99 Å². The van der Waals surface area contributed by atoms with E-state index in [1.807, 2.05) is 68.5 Å². The highest BCUT2D eigenvalue weighted by Crippen LogP contribution is 2.34. The first-order valence-electron chi connectivity index (χ1n) is 8.39. The van der Waals surface area contributed by atoms with Gasteiger partial charge in [0.05, 0.1) is 17.2 Å². The Labute approximate surface area is 162 Å². The number of hydrogen-bond acceptors (Lipinski definition) is 4. The third-order valence-electron chi connectivity index (χ3n) is 3.74. The summed E-state index contributed by atoms with van der Waals surface area (Å²) in [7, 11) is 0. The quantitative estimate of drug-likeness (QED) is 0.649. The lowest BCUT2D eigenvalue weighted by Crippen LogP contribution is -2.28. The van der Waals surface area contributed by atoms with Crippen molar-refractivity contribution < 1.29 is 9.53 Å². The molecule has 0 N–H and O–H groups in total. The minimum atomic E-state index is -0.0304. The van der Waals surface area contributed by atoms with E-state index in [-0.39, 0.29) is 5.91 Å². The van der Waals surface area contributed by atoms with Crippen LogP contribution in [0.2, 0.25) is 5.02 Å². The molecule has 3 rings (SSSR count). The molecule has 1 saturated heterocycles. The zero-order valence-corrected chi connectivity index (χ0v) is 16.2. The smallest absolute Gasteiger partial charge is 0.266 e. The summed E-state index contributed by atoms with van der Waals surface area (Å²) in [5, 5.41) is 1.35. The predicted molar refractivity (Wildman–Crippen MR) is 109 cm³/mol. The molecule has 1 aliphatic rings. The zero-order chi connectivity index (χ0) is 18.5. The molecule has 2 aromatic rings. The van der Waals surface area contributed by atoms with E-state index in [0.717, 1.165) is 17.0 Å². The fourth-order valence-corrected chi connectivity index (χ4v) is 3.66. The van der Waals surface area contributed by atoms with Crippen molar-refractivity contribution in [2.24, 2.45) is 4.99 Å². The largest absolute Gasteiger partial charge is 0.494 e. The number of hydrogen-bond donors (Lipinski definition) is 0. The summed E-state index contributed by atoms with van der Waals surface area (Å²) in [6.07, 6.45) is 1.87. The van der Waals surface area contributed by atoms with E-state index in [0.29, 0.717) is 28.2 Å². The average molecular weight is 387 g/mol. The number of ether oxygens (including phenoxy) is 1. The molecule has 1 amide bonds. The van der Waals surface area contributed by atoms with Crippen molar-refractivity contribution in [3.63, 3.8) is 0 Å². The summed E-state index contributed by atoms with van der Waals surface area (Å²) < 4.78 is 5.45. The monoisotopic (exact) mass is 386 g/mol. The van der Waals surface area contributed by atoms with Gasteiger partial charge in [-0.3, -0.25) is 9.69 Å². The van der Waals surface area contributed by atoms with Crippen molar-refractivity contribution in [3.8, 4) is 5.75 Å². The summed E-state index contributed by atoms with van der Waals surface area (Å²) >= 11 is 7.30. The van der Waals surface area contributed by atoms with Crippen molar-refractivity contribution in [2.75, 3.05) is 13.2 Å². The molecule has 0 radical (unpaired) electrons. The molecular formula is C20H19ClN2O2S. The molecule has 0 spiro atoms. The van der Waals surface area contributed by atoms with Gasteiger partial charge < -0.3 is 4.74 Å². The van der Waals surface area contributed by atoms with Gasteiger partial charge in [-0.15, -0.1) is 0 Å². The first-order valence-corrected chi connectivity index (χ1v) is 9.58. The molecule has 4 nitrogen and oxygen atoms in total. The van der Waals surface area contributed by atoms with Crippen molar-refractivity contribution in [3.05, 3.63) is 64.0 Å². The van der Waals surface area contributed by atoms with Gasteiger partial charge in [0.2, 0.25) is 0 Å². The lowest BCUT2D eigenvalue weighted by molar-refractivity contribution is -0.122. The zero-order valence-electron chi connectivity index (χ0n) is 14.6. The van der Waals surface area contributed by atoms with Gasteiger partial charge in [0.25, 0.3) is 5.91 Å². The van der Waals surface area contributed by atoms with Gasteiger partial charge in [0, 0.05) is 11.6 Å². The van der Waals surface area contributed by atoms with E-state index in [4.69, 9.17) is 16.3 Å². The standard InChI is InChI=1S/C20H19ClN2O2S/c1-3-23-19(24)18(13-14-5-7-15(21)8-6-14)26-20(23)22-16-9-11-17(12-10-16)25-4-2/h5-13H,3-4H2,1-2H3/b18-13+,22-20?. The number of halogens is 1. The van der Waals surface area contributed by atoms with Crippen molar-refractivity contribution >= 4 is 46.2 Å². The van der Waals surface area contributed by atoms with Crippen LogP contribution in [0, 0.1) is 0 Å². The summed E-state index contributed by atoms with van der Waals surface area (Å²) in [5.74, 6) is 0.777. The Bertz CT molecular complexity index is 845. The van der Waals surface area contributed by atoms with Gasteiger partial charge in [0.1, 0.15) is 5.75 Å².